The van der Waals surface area contributed by atoms with Crippen LogP contribution in [-0.4, -0.2) is 36.2 Å². The molecule has 5 heteroatoms. The van der Waals surface area contributed by atoms with Gasteiger partial charge < -0.3 is 5.73 Å². The lowest BCUT2D eigenvalue weighted by molar-refractivity contribution is -0.119. The lowest BCUT2D eigenvalue weighted by atomic mass is 10.1. The average Bonchev–Trinajstić information content (AvgIpc) is 2.64. The largest absolute Gasteiger partial charge is 0.369 e. The fourth-order valence-electron chi connectivity index (χ4n) is 2.01. The Balaban J connectivity index is 2.69. The van der Waals surface area contributed by atoms with Crippen molar-refractivity contribution in [3.05, 3.63) is 21.4 Å². The lowest BCUT2D eigenvalue weighted by Gasteiger charge is -2.19. The molecule has 0 aliphatic rings. The van der Waals surface area contributed by atoms with Gasteiger partial charge in [-0.15, -0.1) is 11.3 Å². The van der Waals surface area contributed by atoms with Gasteiger partial charge in [0.1, 0.15) is 0 Å². The minimum atomic E-state index is -0.387. The molecule has 1 rings (SSSR count). The minimum Gasteiger partial charge on any atom is -0.369 e. The Hall–Kier alpha value is -1.20. The third-order valence-corrected chi connectivity index (χ3v) is 3.88. The molecule has 19 heavy (non-hydrogen) atoms. The zero-order valence-corrected chi connectivity index (χ0v) is 12.7. The second-order valence-electron chi connectivity index (χ2n) is 4.78. The van der Waals surface area contributed by atoms with Crippen LogP contribution in [0.4, 0.5) is 0 Å². The van der Waals surface area contributed by atoms with E-state index in [-0.39, 0.29) is 24.8 Å². The van der Waals surface area contributed by atoms with Gasteiger partial charge in [-0.3, -0.25) is 14.5 Å². The molecule has 0 radical (unpaired) electrons. The highest BCUT2D eigenvalue weighted by Crippen LogP contribution is 2.21. The Kier molecular flexibility index (Phi) is 6.18. The number of ketones is 1. The van der Waals surface area contributed by atoms with Gasteiger partial charge in [-0.1, -0.05) is 13.3 Å². The van der Waals surface area contributed by atoms with E-state index < -0.39 is 0 Å². The topological polar surface area (TPSA) is 63.4 Å². The molecule has 0 saturated heterocycles. The van der Waals surface area contributed by atoms with Gasteiger partial charge in [0.05, 0.1) is 13.1 Å². The monoisotopic (exact) mass is 282 g/mol. The van der Waals surface area contributed by atoms with E-state index in [1.807, 2.05) is 24.8 Å². The number of carbonyl (C=O) groups is 2. The summed E-state index contributed by atoms with van der Waals surface area (Å²) in [4.78, 5) is 27.3. The molecule has 0 fully saturated rings. The molecular formula is C14H22N2O2S. The number of rotatable bonds is 8. The van der Waals surface area contributed by atoms with E-state index in [4.69, 9.17) is 5.73 Å². The Morgan fingerprint density at radius 3 is 2.47 bits per heavy atom. The summed E-state index contributed by atoms with van der Waals surface area (Å²) in [5.74, 6) is -0.318. The molecule has 0 spiro atoms. The fraction of sp³-hybridized carbons (Fsp3) is 0.571. The molecule has 0 atom stereocenters. The van der Waals surface area contributed by atoms with Gasteiger partial charge >= 0.3 is 0 Å². The predicted molar refractivity (Wildman–Crippen MR) is 78.7 cm³/mol. The quantitative estimate of drug-likeness (QED) is 0.743. The molecule has 1 aromatic rings. The third kappa shape index (κ3) is 5.12. The summed E-state index contributed by atoms with van der Waals surface area (Å²) in [6.07, 6.45) is 1.99. The highest BCUT2D eigenvalue weighted by Gasteiger charge is 2.17. The number of Topliss-reactive ketones (excluding diaryl/α,β-unsaturated/α-hetero) is 1. The number of thiophene rings is 1. The molecular weight excluding hydrogens is 260 g/mol. The number of primary amides is 1. The smallest absolute Gasteiger partial charge is 0.231 e. The number of unbranched alkanes of at least 4 members (excludes halogenated alkanes) is 1. The van der Waals surface area contributed by atoms with Crippen molar-refractivity contribution in [2.24, 2.45) is 5.73 Å². The molecule has 0 bridgehead atoms. The van der Waals surface area contributed by atoms with E-state index in [0.717, 1.165) is 34.7 Å². The Morgan fingerprint density at radius 1 is 1.32 bits per heavy atom. The number of amides is 1. The molecule has 4 nitrogen and oxygen atoms in total. The van der Waals surface area contributed by atoms with E-state index in [2.05, 4.69) is 6.92 Å². The number of nitrogens with zero attached hydrogens (tertiary/aromatic N) is 1. The maximum atomic E-state index is 12.2. The molecule has 0 aromatic carbocycles. The second kappa shape index (κ2) is 7.40. The predicted octanol–water partition coefficient (Wildman–Crippen LogP) is 2.14. The molecule has 0 unspecified atom stereocenters. The van der Waals surface area contributed by atoms with Gasteiger partial charge in [0.15, 0.2) is 5.78 Å². The van der Waals surface area contributed by atoms with Gasteiger partial charge in [-0.2, -0.15) is 0 Å². The van der Waals surface area contributed by atoms with E-state index in [1.54, 1.807) is 11.3 Å². The Labute approximate surface area is 118 Å². The molecule has 1 aromatic heterocycles. The van der Waals surface area contributed by atoms with Crippen LogP contribution in [0.3, 0.4) is 0 Å². The number of nitrogens with two attached hydrogens (primary N) is 1. The van der Waals surface area contributed by atoms with Crippen LogP contribution in [0.25, 0.3) is 0 Å². The SMILES string of the molecule is CCCCN(CC(N)=O)CC(=O)c1cc(C)sc1C. The molecule has 0 aliphatic heterocycles. The van der Waals surface area contributed by atoms with Crippen molar-refractivity contribution in [2.45, 2.75) is 33.6 Å². The second-order valence-corrected chi connectivity index (χ2v) is 6.24. The third-order valence-electron chi connectivity index (χ3n) is 2.92. The van der Waals surface area contributed by atoms with Crippen LogP contribution in [0.5, 0.6) is 0 Å². The molecule has 0 saturated carbocycles. The first-order chi connectivity index (χ1) is 8.93. The first-order valence-corrected chi connectivity index (χ1v) is 7.36. The van der Waals surface area contributed by atoms with Crippen LogP contribution in [0.2, 0.25) is 0 Å². The molecule has 2 N–H and O–H groups in total. The van der Waals surface area contributed by atoms with Crippen molar-refractivity contribution in [1.29, 1.82) is 0 Å². The fourth-order valence-corrected chi connectivity index (χ4v) is 2.95. The minimum absolute atomic E-state index is 0.0687. The summed E-state index contributed by atoms with van der Waals surface area (Å²) in [6, 6.07) is 1.92. The van der Waals surface area contributed by atoms with Crippen LogP contribution in [-0.2, 0) is 4.79 Å². The zero-order valence-electron chi connectivity index (χ0n) is 11.9. The summed E-state index contributed by atoms with van der Waals surface area (Å²) in [6.45, 7) is 7.17. The molecule has 106 valence electrons. The standard InChI is InChI=1S/C14H22N2O2S/c1-4-5-6-16(9-14(15)18)8-13(17)12-7-10(2)19-11(12)3/h7H,4-6,8-9H2,1-3H3,(H2,15,18). The van der Waals surface area contributed by atoms with Crippen molar-refractivity contribution < 1.29 is 9.59 Å². The summed E-state index contributed by atoms with van der Waals surface area (Å²) >= 11 is 1.63. The van der Waals surface area contributed by atoms with Crippen LogP contribution in [0.1, 0.15) is 39.9 Å². The highest BCUT2D eigenvalue weighted by atomic mass is 32.1. The van der Waals surface area contributed by atoms with E-state index >= 15 is 0 Å². The number of hydrogen-bond acceptors (Lipinski definition) is 4. The molecule has 0 aliphatic carbocycles. The molecule has 1 amide bonds. The summed E-state index contributed by atoms with van der Waals surface area (Å²) < 4.78 is 0. The first kappa shape index (κ1) is 15.9. The van der Waals surface area contributed by atoms with Crippen LogP contribution < -0.4 is 5.73 Å². The van der Waals surface area contributed by atoms with Gasteiger partial charge in [-0.25, -0.2) is 0 Å². The first-order valence-electron chi connectivity index (χ1n) is 6.55. The van der Waals surface area contributed by atoms with Crippen molar-refractivity contribution in [2.75, 3.05) is 19.6 Å². The van der Waals surface area contributed by atoms with Gasteiger partial charge in [0.2, 0.25) is 5.91 Å². The average molecular weight is 282 g/mol. The number of carbonyl (C=O) groups excluding carboxylic acids is 2. The maximum Gasteiger partial charge on any atom is 0.231 e. The lowest BCUT2D eigenvalue weighted by Crippen LogP contribution is -2.38. The van der Waals surface area contributed by atoms with Gasteiger partial charge in [-0.05, 0) is 32.9 Å². The number of aryl methyl sites for hydroxylation is 2. The van der Waals surface area contributed by atoms with Crippen LogP contribution >= 0.6 is 11.3 Å². The zero-order chi connectivity index (χ0) is 14.4. The van der Waals surface area contributed by atoms with Crippen LogP contribution in [0.15, 0.2) is 6.07 Å². The van der Waals surface area contributed by atoms with Crippen molar-refractivity contribution in [1.82, 2.24) is 4.90 Å². The van der Waals surface area contributed by atoms with Crippen molar-refractivity contribution in [3.8, 4) is 0 Å². The summed E-state index contributed by atoms with van der Waals surface area (Å²) in [5, 5.41) is 0. The number of hydrogen-bond donors (Lipinski definition) is 1. The van der Waals surface area contributed by atoms with E-state index in [0.29, 0.717) is 0 Å². The van der Waals surface area contributed by atoms with Gasteiger partial charge in [0, 0.05) is 15.3 Å². The normalized spacial score (nSPS) is 10.9. The van der Waals surface area contributed by atoms with Crippen molar-refractivity contribution >= 4 is 23.0 Å². The van der Waals surface area contributed by atoms with E-state index in [1.165, 1.54) is 0 Å². The molecule has 1 heterocycles. The summed E-state index contributed by atoms with van der Waals surface area (Å²) in [7, 11) is 0. The highest BCUT2D eigenvalue weighted by molar-refractivity contribution is 7.12. The van der Waals surface area contributed by atoms with E-state index in [9.17, 15) is 9.59 Å². The summed E-state index contributed by atoms with van der Waals surface area (Å²) in [5.41, 5.74) is 6.00. The Morgan fingerprint density at radius 2 is 2.00 bits per heavy atom. The van der Waals surface area contributed by atoms with Gasteiger partial charge in [0.25, 0.3) is 0 Å². The maximum absolute atomic E-state index is 12.2. The Bertz CT molecular complexity index is 454. The van der Waals surface area contributed by atoms with Crippen LogP contribution in [0, 0.1) is 13.8 Å². The van der Waals surface area contributed by atoms with Crippen molar-refractivity contribution in [3.63, 3.8) is 0 Å².